The molecule has 4 atom stereocenters. The van der Waals surface area contributed by atoms with Crippen LogP contribution in [0.3, 0.4) is 0 Å². The monoisotopic (exact) mass is 181 g/mol. The van der Waals surface area contributed by atoms with Crippen molar-refractivity contribution in [2.24, 2.45) is 17.8 Å². The number of hydroxylamine groups is 1. The molecule has 70 valence electrons. The second-order valence-electron chi connectivity index (χ2n) is 4.10. The van der Waals surface area contributed by atoms with Crippen LogP contribution in [0.1, 0.15) is 6.42 Å². The standard InChI is InChI=1S/C9H11NO3/c11-8(12)7-5-1-2-9(3-5)6(7)4-10-13-9/h1-2,5-7,10H,3-4H2,(H,11,12). The number of hydrogen-bond acceptors (Lipinski definition) is 3. The number of carboxylic acid groups (broad SMARTS) is 1. The SMILES string of the molecule is O=C(O)C1C2C=CC3(C2)ONCC13. The number of hydrogen-bond donors (Lipinski definition) is 2. The van der Waals surface area contributed by atoms with Gasteiger partial charge < -0.3 is 5.11 Å². The molecule has 2 aliphatic carbocycles. The molecule has 1 aliphatic heterocycles. The van der Waals surface area contributed by atoms with Crippen molar-refractivity contribution >= 4 is 5.97 Å². The van der Waals surface area contributed by atoms with E-state index in [9.17, 15) is 4.79 Å². The maximum atomic E-state index is 11.0. The minimum atomic E-state index is -0.687. The number of rotatable bonds is 1. The molecule has 1 saturated carbocycles. The quantitative estimate of drug-likeness (QED) is 0.566. The molecule has 0 aromatic rings. The molecule has 3 aliphatic rings. The van der Waals surface area contributed by atoms with Gasteiger partial charge in [-0.1, -0.05) is 12.2 Å². The summed E-state index contributed by atoms with van der Waals surface area (Å²) in [6, 6.07) is 0. The molecule has 2 N–H and O–H groups in total. The summed E-state index contributed by atoms with van der Waals surface area (Å²) in [5.41, 5.74) is 2.52. The molecule has 0 amide bonds. The predicted molar refractivity (Wildman–Crippen MR) is 43.7 cm³/mol. The lowest BCUT2D eigenvalue weighted by Gasteiger charge is -2.24. The van der Waals surface area contributed by atoms with Crippen molar-refractivity contribution in [2.75, 3.05) is 6.54 Å². The summed E-state index contributed by atoms with van der Waals surface area (Å²) in [7, 11) is 0. The minimum absolute atomic E-state index is 0.125. The molecule has 0 radical (unpaired) electrons. The van der Waals surface area contributed by atoms with E-state index in [0.29, 0.717) is 6.54 Å². The van der Waals surface area contributed by atoms with Gasteiger partial charge in [-0.15, -0.1) is 0 Å². The van der Waals surface area contributed by atoms with Gasteiger partial charge in [-0.2, -0.15) is 0 Å². The Bertz CT molecular complexity index is 301. The van der Waals surface area contributed by atoms with Gasteiger partial charge >= 0.3 is 5.97 Å². The summed E-state index contributed by atoms with van der Waals surface area (Å²) >= 11 is 0. The van der Waals surface area contributed by atoms with E-state index in [2.05, 4.69) is 5.48 Å². The molecule has 2 bridgehead atoms. The number of carbonyl (C=O) groups is 1. The van der Waals surface area contributed by atoms with E-state index < -0.39 is 5.97 Å². The van der Waals surface area contributed by atoms with Gasteiger partial charge in [0.2, 0.25) is 0 Å². The van der Waals surface area contributed by atoms with E-state index >= 15 is 0 Å². The van der Waals surface area contributed by atoms with Crippen LogP contribution in [0.5, 0.6) is 0 Å². The fourth-order valence-electron chi connectivity index (χ4n) is 2.99. The first-order valence-corrected chi connectivity index (χ1v) is 4.56. The molecule has 3 rings (SSSR count). The number of carboxylic acids is 1. The molecular formula is C9H11NO3. The second-order valence-corrected chi connectivity index (χ2v) is 4.10. The fourth-order valence-corrected chi connectivity index (χ4v) is 2.99. The van der Waals surface area contributed by atoms with Crippen LogP contribution in [0.2, 0.25) is 0 Å². The van der Waals surface area contributed by atoms with Gasteiger partial charge in [-0.05, 0) is 12.3 Å². The van der Waals surface area contributed by atoms with E-state index in [0.717, 1.165) is 6.42 Å². The van der Waals surface area contributed by atoms with Crippen LogP contribution in [0.15, 0.2) is 12.2 Å². The summed E-state index contributed by atoms with van der Waals surface area (Å²) in [6.45, 7) is 0.664. The topological polar surface area (TPSA) is 58.6 Å². The number of nitrogens with one attached hydrogen (secondary N) is 1. The van der Waals surface area contributed by atoms with Gasteiger partial charge in [0.15, 0.2) is 0 Å². The van der Waals surface area contributed by atoms with Crippen LogP contribution in [-0.4, -0.2) is 23.2 Å². The maximum absolute atomic E-state index is 11.0. The van der Waals surface area contributed by atoms with Crippen LogP contribution in [0, 0.1) is 17.8 Å². The highest BCUT2D eigenvalue weighted by molar-refractivity contribution is 5.73. The first-order chi connectivity index (χ1) is 6.23. The average Bonchev–Trinajstić information content (AvgIpc) is 2.67. The Morgan fingerprint density at radius 2 is 2.54 bits per heavy atom. The first-order valence-electron chi connectivity index (χ1n) is 4.56. The van der Waals surface area contributed by atoms with Crippen molar-refractivity contribution < 1.29 is 14.7 Å². The Morgan fingerprint density at radius 3 is 3.31 bits per heavy atom. The molecule has 4 heteroatoms. The van der Waals surface area contributed by atoms with Crippen molar-refractivity contribution in [3.8, 4) is 0 Å². The fraction of sp³-hybridized carbons (Fsp3) is 0.667. The lowest BCUT2D eigenvalue weighted by atomic mass is 9.82. The van der Waals surface area contributed by atoms with Crippen LogP contribution in [0.4, 0.5) is 0 Å². The summed E-state index contributed by atoms with van der Waals surface area (Å²) < 4.78 is 0. The molecule has 1 heterocycles. The Hall–Kier alpha value is -0.870. The Kier molecular flexibility index (Phi) is 1.24. The third kappa shape index (κ3) is 0.752. The third-order valence-electron chi connectivity index (χ3n) is 3.55. The normalized spacial score (nSPS) is 51.2. The van der Waals surface area contributed by atoms with Crippen molar-refractivity contribution in [2.45, 2.75) is 12.0 Å². The Morgan fingerprint density at radius 1 is 1.69 bits per heavy atom. The number of fused-ring (bicyclic) bond motifs is 1. The van der Waals surface area contributed by atoms with Gasteiger partial charge in [0.1, 0.15) is 5.60 Å². The second kappa shape index (κ2) is 2.13. The molecule has 4 nitrogen and oxygen atoms in total. The van der Waals surface area contributed by atoms with Crippen molar-refractivity contribution in [3.63, 3.8) is 0 Å². The molecule has 2 fully saturated rings. The van der Waals surface area contributed by atoms with Gasteiger partial charge in [0, 0.05) is 12.5 Å². The summed E-state index contributed by atoms with van der Waals surface area (Å²) in [4.78, 5) is 16.4. The highest BCUT2D eigenvalue weighted by Crippen LogP contribution is 2.54. The molecule has 1 saturated heterocycles. The summed E-state index contributed by atoms with van der Waals surface area (Å²) in [5, 5.41) is 9.06. The van der Waals surface area contributed by atoms with E-state index in [1.807, 2.05) is 12.2 Å². The van der Waals surface area contributed by atoms with Crippen LogP contribution in [-0.2, 0) is 9.63 Å². The highest BCUT2D eigenvalue weighted by atomic mass is 16.7. The molecule has 0 aromatic heterocycles. The van der Waals surface area contributed by atoms with Gasteiger partial charge in [-0.3, -0.25) is 9.63 Å². The summed E-state index contributed by atoms with van der Waals surface area (Å²) in [5.74, 6) is -0.627. The smallest absolute Gasteiger partial charge is 0.307 e. The van der Waals surface area contributed by atoms with Crippen molar-refractivity contribution in [1.29, 1.82) is 0 Å². The molecule has 13 heavy (non-hydrogen) atoms. The number of aliphatic carboxylic acids is 1. The lowest BCUT2D eigenvalue weighted by Crippen LogP contribution is -2.35. The van der Waals surface area contributed by atoms with Crippen LogP contribution >= 0.6 is 0 Å². The largest absolute Gasteiger partial charge is 0.481 e. The van der Waals surface area contributed by atoms with E-state index in [-0.39, 0.29) is 23.4 Å². The number of allylic oxidation sites excluding steroid dienone is 1. The average molecular weight is 181 g/mol. The third-order valence-corrected chi connectivity index (χ3v) is 3.55. The van der Waals surface area contributed by atoms with Crippen LogP contribution < -0.4 is 5.48 Å². The van der Waals surface area contributed by atoms with Gasteiger partial charge in [0.05, 0.1) is 5.92 Å². The Labute approximate surface area is 75.5 Å². The molecular weight excluding hydrogens is 170 g/mol. The van der Waals surface area contributed by atoms with Crippen LogP contribution in [0.25, 0.3) is 0 Å². The molecule has 0 aromatic carbocycles. The lowest BCUT2D eigenvalue weighted by molar-refractivity contribution is -0.144. The van der Waals surface area contributed by atoms with E-state index in [1.165, 1.54) is 0 Å². The maximum Gasteiger partial charge on any atom is 0.307 e. The highest BCUT2D eigenvalue weighted by Gasteiger charge is 2.61. The van der Waals surface area contributed by atoms with E-state index in [4.69, 9.17) is 9.94 Å². The van der Waals surface area contributed by atoms with Gasteiger partial charge in [-0.25, -0.2) is 5.48 Å². The molecule has 1 spiro atoms. The van der Waals surface area contributed by atoms with Crippen molar-refractivity contribution in [1.82, 2.24) is 5.48 Å². The zero-order valence-electron chi connectivity index (χ0n) is 7.06. The van der Waals surface area contributed by atoms with Gasteiger partial charge in [0.25, 0.3) is 0 Å². The predicted octanol–water partition coefficient (Wildman–Crippen LogP) is 0.167. The zero-order chi connectivity index (χ0) is 9.05. The zero-order valence-corrected chi connectivity index (χ0v) is 7.06. The van der Waals surface area contributed by atoms with E-state index in [1.54, 1.807) is 0 Å². The molecule has 4 unspecified atom stereocenters. The first kappa shape index (κ1) is 7.53. The summed E-state index contributed by atoms with van der Waals surface area (Å²) in [6.07, 6.45) is 4.85. The Balaban J connectivity index is 2.02. The minimum Gasteiger partial charge on any atom is -0.481 e. The van der Waals surface area contributed by atoms with Crippen molar-refractivity contribution in [3.05, 3.63) is 12.2 Å².